The molecule has 0 saturated heterocycles. The van der Waals surface area contributed by atoms with Crippen LogP contribution in [-0.2, 0) is 11.3 Å². The van der Waals surface area contributed by atoms with Crippen LogP contribution >= 0.6 is 0 Å². The lowest BCUT2D eigenvalue weighted by Gasteiger charge is -2.10. The van der Waals surface area contributed by atoms with Crippen LogP contribution in [0, 0.1) is 6.92 Å². The Labute approximate surface area is 92.5 Å². The van der Waals surface area contributed by atoms with Crippen molar-refractivity contribution in [1.29, 1.82) is 0 Å². The number of nitrogens with zero attached hydrogens (tertiary/aromatic N) is 2. The van der Waals surface area contributed by atoms with Crippen molar-refractivity contribution in [2.75, 3.05) is 14.1 Å². The van der Waals surface area contributed by atoms with E-state index in [4.69, 9.17) is 0 Å². The average molecular weight is 225 g/mol. The molecule has 1 N–H and O–H groups in total. The third-order valence-electron chi connectivity index (χ3n) is 2.25. The van der Waals surface area contributed by atoms with E-state index in [2.05, 4.69) is 4.98 Å². The Kier molecular flexibility index (Phi) is 3.65. The number of H-pyrrole nitrogens is 1. The van der Waals surface area contributed by atoms with Gasteiger partial charge in [-0.15, -0.1) is 0 Å². The van der Waals surface area contributed by atoms with Crippen LogP contribution in [0.25, 0.3) is 0 Å². The number of nitrogens with one attached hydrogen (secondary N) is 1. The van der Waals surface area contributed by atoms with Crippen LogP contribution in [0.1, 0.15) is 12.0 Å². The Morgan fingerprint density at radius 1 is 1.44 bits per heavy atom. The van der Waals surface area contributed by atoms with Crippen LogP contribution in [0.2, 0.25) is 0 Å². The van der Waals surface area contributed by atoms with Crippen molar-refractivity contribution in [2.24, 2.45) is 0 Å². The number of aryl methyl sites for hydroxylation is 2. The molecular formula is C10H15N3O3. The van der Waals surface area contributed by atoms with Gasteiger partial charge in [0, 0.05) is 38.8 Å². The molecule has 0 bridgehead atoms. The molecule has 0 unspecified atom stereocenters. The summed E-state index contributed by atoms with van der Waals surface area (Å²) in [5, 5.41) is 0. The lowest BCUT2D eigenvalue weighted by molar-refractivity contribution is -0.128. The summed E-state index contributed by atoms with van der Waals surface area (Å²) in [6.07, 6.45) is 1.70. The van der Waals surface area contributed by atoms with E-state index in [0.717, 1.165) is 0 Å². The van der Waals surface area contributed by atoms with Crippen molar-refractivity contribution < 1.29 is 4.79 Å². The summed E-state index contributed by atoms with van der Waals surface area (Å²) in [4.78, 5) is 37.4. The van der Waals surface area contributed by atoms with Crippen LogP contribution in [0.15, 0.2) is 15.8 Å². The highest BCUT2D eigenvalue weighted by Gasteiger charge is 2.06. The molecule has 6 nitrogen and oxygen atoms in total. The van der Waals surface area contributed by atoms with Crippen molar-refractivity contribution in [1.82, 2.24) is 14.5 Å². The second-order valence-electron chi connectivity index (χ2n) is 3.80. The summed E-state index contributed by atoms with van der Waals surface area (Å²) < 4.78 is 1.33. The standard InChI is InChI=1S/C10H15N3O3/c1-7-6-13(10(16)11-9(7)15)5-4-8(14)12(2)3/h6H,4-5H2,1-3H3,(H,11,15,16). The molecule has 0 saturated carbocycles. The first kappa shape index (κ1) is 12.2. The SMILES string of the molecule is Cc1cn(CCC(=O)N(C)C)c(=O)[nH]c1=O. The van der Waals surface area contributed by atoms with Crippen molar-refractivity contribution in [3.63, 3.8) is 0 Å². The normalized spacial score (nSPS) is 10.2. The van der Waals surface area contributed by atoms with Gasteiger partial charge in [-0.1, -0.05) is 0 Å². The minimum absolute atomic E-state index is 0.0595. The van der Waals surface area contributed by atoms with Gasteiger partial charge in [-0.2, -0.15) is 0 Å². The summed E-state index contributed by atoms with van der Waals surface area (Å²) >= 11 is 0. The van der Waals surface area contributed by atoms with E-state index in [0.29, 0.717) is 5.56 Å². The van der Waals surface area contributed by atoms with Crippen LogP contribution < -0.4 is 11.2 Å². The Hall–Kier alpha value is -1.85. The van der Waals surface area contributed by atoms with E-state index in [9.17, 15) is 14.4 Å². The van der Waals surface area contributed by atoms with Crippen molar-refractivity contribution in [3.8, 4) is 0 Å². The van der Waals surface area contributed by atoms with Crippen LogP contribution in [0.3, 0.4) is 0 Å². The van der Waals surface area contributed by atoms with Crippen molar-refractivity contribution in [2.45, 2.75) is 19.9 Å². The predicted molar refractivity (Wildman–Crippen MR) is 59.4 cm³/mol. The molecule has 1 rings (SSSR count). The lowest BCUT2D eigenvalue weighted by atomic mass is 10.3. The zero-order chi connectivity index (χ0) is 12.3. The van der Waals surface area contributed by atoms with E-state index in [-0.39, 0.29) is 24.4 Å². The second-order valence-corrected chi connectivity index (χ2v) is 3.80. The number of hydrogen-bond donors (Lipinski definition) is 1. The highest BCUT2D eigenvalue weighted by molar-refractivity contribution is 5.75. The Balaban J connectivity index is 2.83. The maximum absolute atomic E-state index is 11.4. The fourth-order valence-corrected chi connectivity index (χ4v) is 1.22. The molecule has 0 atom stereocenters. The maximum Gasteiger partial charge on any atom is 0.328 e. The second kappa shape index (κ2) is 4.78. The summed E-state index contributed by atoms with van der Waals surface area (Å²) in [5.74, 6) is -0.0595. The number of carbonyl (C=O) groups is 1. The monoisotopic (exact) mass is 225 g/mol. The Morgan fingerprint density at radius 3 is 2.62 bits per heavy atom. The van der Waals surface area contributed by atoms with E-state index >= 15 is 0 Å². The van der Waals surface area contributed by atoms with Gasteiger partial charge < -0.3 is 4.90 Å². The van der Waals surface area contributed by atoms with Gasteiger partial charge in [0.15, 0.2) is 0 Å². The summed E-state index contributed by atoms with van der Waals surface area (Å²) in [7, 11) is 3.31. The molecule has 1 heterocycles. The smallest absolute Gasteiger partial charge is 0.328 e. The van der Waals surface area contributed by atoms with Crippen LogP contribution in [-0.4, -0.2) is 34.5 Å². The van der Waals surface area contributed by atoms with Gasteiger partial charge >= 0.3 is 5.69 Å². The third-order valence-corrected chi connectivity index (χ3v) is 2.25. The zero-order valence-electron chi connectivity index (χ0n) is 9.61. The minimum Gasteiger partial charge on any atom is -0.349 e. The van der Waals surface area contributed by atoms with Gasteiger partial charge in [0.05, 0.1) is 0 Å². The molecule has 0 aromatic carbocycles. The fraction of sp³-hybridized carbons (Fsp3) is 0.500. The van der Waals surface area contributed by atoms with Crippen molar-refractivity contribution in [3.05, 3.63) is 32.6 Å². The minimum atomic E-state index is -0.484. The largest absolute Gasteiger partial charge is 0.349 e. The predicted octanol–water partition coefficient (Wildman–Crippen LogP) is -0.677. The van der Waals surface area contributed by atoms with Crippen LogP contribution in [0.5, 0.6) is 0 Å². The molecule has 1 aromatic heterocycles. The number of rotatable bonds is 3. The molecule has 6 heteroatoms. The third kappa shape index (κ3) is 2.82. The van der Waals surface area contributed by atoms with E-state index in [1.165, 1.54) is 15.7 Å². The molecule has 0 spiro atoms. The first-order valence-electron chi connectivity index (χ1n) is 4.92. The number of carbonyl (C=O) groups excluding carboxylic acids is 1. The molecule has 0 fully saturated rings. The number of amides is 1. The molecule has 0 aliphatic heterocycles. The molecule has 88 valence electrons. The van der Waals surface area contributed by atoms with Gasteiger partial charge in [0.25, 0.3) is 5.56 Å². The van der Waals surface area contributed by atoms with Gasteiger partial charge in [0.2, 0.25) is 5.91 Å². The molecule has 1 aromatic rings. The number of hydrogen-bond acceptors (Lipinski definition) is 3. The molecule has 0 radical (unpaired) electrons. The van der Waals surface area contributed by atoms with Gasteiger partial charge in [-0.3, -0.25) is 19.1 Å². The Morgan fingerprint density at radius 2 is 2.06 bits per heavy atom. The molecule has 0 aliphatic carbocycles. The quantitative estimate of drug-likeness (QED) is 0.740. The first-order chi connectivity index (χ1) is 7.41. The first-order valence-corrected chi connectivity index (χ1v) is 4.92. The maximum atomic E-state index is 11.4. The topological polar surface area (TPSA) is 75.2 Å². The summed E-state index contributed by atoms with van der Waals surface area (Å²) in [6, 6.07) is 0. The summed E-state index contributed by atoms with van der Waals surface area (Å²) in [5.41, 5.74) is -0.417. The highest BCUT2D eigenvalue weighted by Crippen LogP contribution is 1.92. The van der Waals surface area contributed by atoms with E-state index in [1.807, 2.05) is 0 Å². The van der Waals surface area contributed by atoms with E-state index in [1.54, 1.807) is 21.0 Å². The van der Waals surface area contributed by atoms with Gasteiger partial charge in [0.1, 0.15) is 0 Å². The molecule has 1 amide bonds. The Bertz CT molecular complexity index is 499. The fourth-order valence-electron chi connectivity index (χ4n) is 1.22. The lowest BCUT2D eigenvalue weighted by Crippen LogP contribution is -2.32. The number of aromatic amines is 1. The van der Waals surface area contributed by atoms with Gasteiger partial charge in [-0.25, -0.2) is 4.79 Å². The average Bonchev–Trinajstić information content (AvgIpc) is 2.20. The molecule has 0 aliphatic rings. The van der Waals surface area contributed by atoms with Gasteiger partial charge in [-0.05, 0) is 6.92 Å². The zero-order valence-corrected chi connectivity index (χ0v) is 9.61. The summed E-state index contributed by atoms with van der Waals surface area (Å²) in [6.45, 7) is 1.88. The molecular weight excluding hydrogens is 210 g/mol. The van der Waals surface area contributed by atoms with Crippen LogP contribution in [0.4, 0.5) is 0 Å². The molecule has 16 heavy (non-hydrogen) atoms. The van der Waals surface area contributed by atoms with E-state index < -0.39 is 5.69 Å². The number of aromatic nitrogens is 2. The highest BCUT2D eigenvalue weighted by atomic mass is 16.2. The van der Waals surface area contributed by atoms with Crippen molar-refractivity contribution >= 4 is 5.91 Å².